The second kappa shape index (κ2) is 7.22. The number of benzene rings is 1. The first-order valence-electron chi connectivity index (χ1n) is 6.23. The number of nitrogens with zero attached hydrogens (tertiary/aromatic N) is 2. The van der Waals surface area contributed by atoms with E-state index in [1.54, 1.807) is 0 Å². The lowest BCUT2D eigenvalue weighted by Gasteiger charge is -2.07. The van der Waals surface area contributed by atoms with Crippen molar-refractivity contribution in [3.63, 3.8) is 0 Å². The Bertz CT molecular complexity index is 528. The van der Waals surface area contributed by atoms with E-state index in [4.69, 9.17) is 4.74 Å². The van der Waals surface area contributed by atoms with E-state index in [1.807, 2.05) is 0 Å². The third-order valence-electron chi connectivity index (χ3n) is 2.56. The molecule has 0 saturated heterocycles. The third-order valence-corrected chi connectivity index (χ3v) is 2.56. The monoisotopic (exact) mass is 278 g/mol. The first-order chi connectivity index (χ1) is 9.74. The van der Waals surface area contributed by atoms with Gasteiger partial charge in [-0.05, 0) is 30.7 Å². The molecule has 2 N–H and O–H groups in total. The molecule has 0 spiro atoms. The molecule has 0 aliphatic heterocycles. The molecular weight excluding hydrogens is 263 g/mol. The van der Waals surface area contributed by atoms with E-state index >= 15 is 0 Å². The molecule has 0 atom stereocenters. The van der Waals surface area contributed by atoms with Crippen molar-refractivity contribution in [2.45, 2.75) is 12.8 Å². The highest BCUT2D eigenvalue weighted by atomic mass is 19.1. The van der Waals surface area contributed by atoms with E-state index in [-0.39, 0.29) is 18.3 Å². The van der Waals surface area contributed by atoms with Gasteiger partial charge >= 0.3 is 0 Å². The molecule has 0 fully saturated rings. The summed E-state index contributed by atoms with van der Waals surface area (Å²) in [5, 5.41) is 9.21. The number of hydrogen-bond acceptors (Lipinski definition) is 4. The summed E-state index contributed by atoms with van der Waals surface area (Å²) in [5.74, 6) is 0.700. The van der Waals surface area contributed by atoms with Crippen LogP contribution in [0, 0.1) is 5.82 Å². The topological polar surface area (TPSA) is 79.9 Å². The molecule has 7 heteroatoms. The Morgan fingerprint density at radius 1 is 1.35 bits per heavy atom. The van der Waals surface area contributed by atoms with E-state index < -0.39 is 0 Å². The number of rotatable bonds is 7. The quantitative estimate of drug-likeness (QED) is 0.742. The van der Waals surface area contributed by atoms with Crippen LogP contribution in [0.4, 0.5) is 4.39 Å². The van der Waals surface area contributed by atoms with Crippen molar-refractivity contribution in [2.75, 3.05) is 13.2 Å². The molecule has 1 heterocycles. The maximum absolute atomic E-state index is 12.7. The summed E-state index contributed by atoms with van der Waals surface area (Å²) in [6.07, 6.45) is 2.93. The van der Waals surface area contributed by atoms with Crippen LogP contribution in [0.5, 0.6) is 5.75 Å². The van der Waals surface area contributed by atoms with E-state index in [0.717, 1.165) is 18.7 Å². The highest BCUT2D eigenvalue weighted by Crippen LogP contribution is 2.10. The zero-order chi connectivity index (χ0) is 14.2. The van der Waals surface area contributed by atoms with Crippen molar-refractivity contribution >= 4 is 5.91 Å². The Morgan fingerprint density at radius 2 is 2.15 bits per heavy atom. The molecule has 1 aromatic heterocycles. The van der Waals surface area contributed by atoms with Crippen LogP contribution < -0.4 is 10.1 Å². The van der Waals surface area contributed by atoms with Crippen LogP contribution in [0.25, 0.3) is 0 Å². The number of halogens is 1. The largest absolute Gasteiger partial charge is 0.484 e. The molecule has 0 bridgehead atoms. The van der Waals surface area contributed by atoms with Gasteiger partial charge in [-0.2, -0.15) is 5.10 Å². The lowest BCUT2D eigenvalue weighted by molar-refractivity contribution is -0.123. The van der Waals surface area contributed by atoms with Crippen molar-refractivity contribution in [1.82, 2.24) is 20.5 Å². The van der Waals surface area contributed by atoms with Gasteiger partial charge < -0.3 is 10.1 Å². The molecule has 0 unspecified atom stereocenters. The van der Waals surface area contributed by atoms with E-state index in [2.05, 4.69) is 20.5 Å². The number of carbonyl (C=O) groups excluding carboxylic acids is 1. The van der Waals surface area contributed by atoms with Gasteiger partial charge in [0.05, 0.1) is 0 Å². The van der Waals surface area contributed by atoms with E-state index in [0.29, 0.717) is 12.3 Å². The fraction of sp³-hybridized carbons (Fsp3) is 0.308. The van der Waals surface area contributed by atoms with Crippen LogP contribution in [0.3, 0.4) is 0 Å². The average Bonchev–Trinajstić information content (AvgIpc) is 2.96. The fourth-order valence-electron chi connectivity index (χ4n) is 1.57. The molecule has 0 aliphatic rings. The number of ether oxygens (including phenoxy) is 1. The molecule has 0 saturated carbocycles. The molecule has 20 heavy (non-hydrogen) atoms. The lowest BCUT2D eigenvalue weighted by atomic mass is 10.3. The van der Waals surface area contributed by atoms with Crippen LogP contribution in [0.1, 0.15) is 12.2 Å². The van der Waals surface area contributed by atoms with Crippen LogP contribution >= 0.6 is 0 Å². The molecule has 2 rings (SSSR count). The lowest BCUT2D eigenvalue weighted by Crippen LogP contribution is -2.29. The Kier molecular flexibility index (Phi) is 5.05. The van der Waals surface area contributed by atoms with Crippen molar-refractivity contribution < 1.29 is 13.9 Å². The highest BCUT2D eigenvalue weighted by Gasteiger charge is 2.03. The van der Waals surface area contributed by atoms with Gasteiger partial charge in [-0.15, -0.1) is 0 Å². The molecular formula is C13H15FN4O2. The number of aromatic nitrogens is 3. The van der Waals surface area contributed by atoms with E-state index in [1.165, 1.54) is 30.6 Å². The smallest absolute Gasteiger partial charge is 0.257 e. The predicted molar refractivity (Wildman–Crippen MR) is 69.6 cm³/mol. The van der Waals surface area contributed by atoms with Crippen molar-refractivity contribution in [2.24, 2.45) is 0 Å². The Balaban J connectivity index is 1.59. The molecule has 106 valence electrons. The van der Waals surface area contributed by atoms with Gasteiger partial charge in [-0.3, -0.25) is 9.89 Å². The van der Waals surface area contributed by atoms with Gasteiger partial charge in [0.2, 0.25) is 0 Å². The third kappa shape index (κ3) is 4.68. The molecule has 2 aromatic rings. The zero-order valence-corrected chi connectivity index (χ0v) is 10.8. The summed E-state index contributed by atoms with van der Waals surface area (Å²) < 4.78 is 17.9. The molecule has 0 radical (unpaired) electrons. The second-order valence-corrected chi connectivity index (χ2v) is 4.13. The van der Waals surface area contributed by atoms with Crippen LogP contribution in [0.2, 0.25) is 0 Å². The minimum absolute atomic E-state index is 0.0893. The van der Waals surface area contributed by atoms with Crippen LogP contribution in [-0.2, 0) is 11.2 Å². The maximum atomic E-state index is 12.7. The first kappa shape index (κ1) is 14.0. The van der Waals surface area contributed by atoms with Crippen molar-refractivity contribution in [1.29, 1.82) is 0 Å². The number of aromatic amines is 1. The zero-order valence-electron chi connectivity index (χ0n) is 10.8. The van der Waals surface area contributed by atoms with Gasteiger partial charge in [0, 0.05) is 13.0 Å². The number of H-pyrrole nitrogens is 1. The summed E-state index contributed by atoms with van der Waals surface area (Å²) in [5.41, 5.74) is 0. The van der Waals surface area contributed by atoms with Gasteiger partial charge in [-0.1, -0.05) is 0 Å². The number of hydrogen-bond donors (Lipinski definition) is 2. The fourth-order valence-corrected chi connectivity index (χ4v) is 1.57. The highest BCUT2D eigenvalue weighted by molar-refractivity contribution is 5.77. The number of aryl methyl sites for hydroxylation is 1. The van der Waals surface area contributed by atoms with Crippen LogP contribution in [0.15, 0.2) is 30.6 Å². The minimum atomic E-state index is -0.339. The maximum Gasteiger partial charge on any atom is 0.257 e. The number of nitrogens with one attached hydrogen (secondary N) is 2. The average molecular weight is 278 g/mol. The van der Waals surface area contributed by atoms with Crippen LogP contribution in [-0.4, -0.2) is 34.2 Å². The van der Waals surface area contributed by atoms with Crippen molar-refractivity contribution in [3.8, 4) is 5.75 Å². The Hall–Kier alpha value is -2.44. The second-order valence-electron chi connectivity index (χ2n) is 4.13. The minimum Gasteiger partial charge on any atom is -0.484 e. The SMILES string of the molecule is O=C(COc1ccc(F)cc1)NCCCc1ncn[nH]1. The molecule has 0 aliphatic carbocycles. The van der Waals surface area contributed by atoms with Gasteiger partial charge in [0.25, 0.3) is 5.91 Å². The normalized spacial score (nSPS) is 10.2. The van der Waals surface area contributed by atoms with Crippen molar-refractivity contribution in [3.05, 3.63) is 42.2 Å². The summed E-state index contributed by atoms with van der Waals surface area (Å²) in [6.45, 7) is 0.445. The summed E-state index contributed by atoms with van der Waals surface area (Å²) in [7, 11) is 0. The Morgan fingerprint density at radius 3 is 2.85 bits per heavy atom. The number of carbonyl (C=O) groups is 1. The van der Waals surface area contributed by atoms with Gasteiger partial charge in [0.1, 0.15) is 23.7 Å². The van der Waals surface area contributed by atoms with Gasteiger partial charge in [0.15, 0.2) is 6.61 Å². The molecule has 6 nitrogen and oxygen atoms in total. The molecule has 1 amide bonds. The Labute approximate surface area is 115 Å². The van der Waals surface area contributed by atoms with E-state index in [9.17, 15) is 9.18 Å². The van der Waals surface area contributed by atoms with Gasteiger partial charge in [-0.25, -0.2) is 9.37 Å². The summed E-state index contributed by atoms with van der Waals surface area (Å²) in [4.78, 5) is 15.5. The first-order valence-corrected chi connectivity index (χ1v) is 6.23. The summed E-state index contributed by atoms with van der Waals surface area (Å²) in [6, 6.07) is 5.52. The summed E-state index contributed by atoms with van der Waals surface area (Å²) >= 11 is 0. The predicted octanol–water partition coefficient (Wildman–Crippen LogP) is 1.07. The standard InChI is InChI=1S/C13H15FN4O2/c14-10-3-5-11(6-4-10)20-8-13(19)15-7-1-2-12-16-9-17-18-12/h3-6,9H,1-2,7-8H2,(H,15,19)(H,16,17,18). The number of amides is 1. The molecule has 1 aromatic carbocycles.